The Balaban J connectivity index is 1.90. The van der Waals surface area contributed by atoms with Crippen LogP contribution in [0, 0.1) is 5.92 Å². The molecule has 0 unspecified atom stereocenters. The third-order valence-corrected chi connectivity index (χ3v) is 4.57. The van der Waals surface area contributed by atoms with Crippen LogP contribution in [-0.2, 0) is 14.8 Å². The smallest absolute Gasteiger partial charge is 0.211 e. The number of hydrogen-bond donors (Lipinski definition) is 2. The molecule has 0 aromatic rings. The summed E-state index contributed by atoms with van der Waals surface area (Å²) in [5, 5.41) is 3.18. The number of ether oxygens (including phenoxy) is 1. The first-order chi connectivity index (χ1) is 9.14. The van der Waals surface area contributed by atoms with Crippen molar-refractivity contribution in [1.29, 1.82) is 0 Å². The molecule has 1 saturated carbocycles. The molecule has 1 aliphatic carbocycles. The number of rotatable bonds is 13. The summed E-state index contributed by atoms with van der Waals surface area (Å²) in [6, 6.07) is 0. The van der Waals surface area contributed by atoms with E-state index in [4.69, 9.17) is 4.74 Å². The van der Waals surface area contributed by atoms with Crippen LogP contribution >= 0.6 is 0 Å². The van der Waals surface area contributed by atoms with E-state index in [0.717, 1.165) is 38.5 Å². The molecule has 0 atom stereocenters. The predicted octanol–water partition coefficient (Wildman–Crippen LogP) is 1.11. The highest BCUT2D eigenvalue weighted by Crippen LogP contribution is 2.28. The Hall–Kier alpha value is -0.170. The van der Waals surface area contributed by atoms with E-state index in [2.05, 4.69) is 10.0 Å². The molecule has 5 nitrogen and oxygen atoms in total. The molecule has 0 amide bonds. The maximum atomic E-state index is 11.6. The average molecular weight is 292 g/mol. The van der Waals surface area contributed by atoms with Crippen molar-refractivity contribution in [2.45, 2.75) is 39.0 Å². The summed E-state index contributed by atoms with van der Waals surface area (Å²) in [5.74, 6) is 0.995. The number of sulfonamides is 1. The molecule has 0 aromatic carbocycles. The quantitative estimate of drug-likeness (QED) is 0.499. The third kappa shape index (κ3) is 10.3. The van der Waals surface area contributed by atoms with Crippen molar-refractivity contribution in [3.8, 4) is 0 Å². The van der Waals surface area contributed by atoms with E-state index in [1.54, 1.807) is 0 Å². The lowest BCUT2D eigenvalue weighted by Crippen LogP contribution is -2.28. The second-order valence-electron chi connectivity index (χ2n) is 5.15. The molecule has 0 heterocycles. The van der Waals surface area contributed by atoms with Gasteiger partial charge in [-0.05, 0) is 51.1 Å². The van der Waals surface area contributed by atoms with Crippen molar-refractivity contribution >= 4 is 10.0 Å². The van der Waals surface area contributed by atoms with Gasteiger partial charge in [0.15, 0.2) is 0 Å². The van der Waals surface area contributed by atoms with E-state index in [9.17, 15) is 8.42 Å². The highest BCUT2D eigenvalue weighted by Gasteiger charge is 2.20. The number of nitrogens with one attached hydrogen (secondary N) is 2. The fourth-order valence-corrected chi connectivity index (χ4v) is 2.91. The summed E-state index contributed by atoms with van der Waals surface area (Å²) in [5.41, 5.74) is 0. The number of unbranched alkanes of at least 4 members (excludes halogenated alkanes) is 1. The SMILES string of the molecule is CCNCCCCS(=O)(=O)NCCCOCC1CC1. The monoisotopic (exact) mass is 292 g/mol. The first kappa shape index (κ1) is 16.9. The van der Waals surface area contributed by atoms with Crippen LogP contribution in [0.2, 0.25) is 0 Å². The Labute approximate surface area is 117 Å². The summed E-state index contributed by atoms with van der Waals surface area (Å²) in [4.78, 5) is 0. The summed E-state index contributed by atoms with van der Waals surface area (Å²) < 4.78 is 31.4. The van der Waals surface area contributed by atoms with Gasteiger partial charge in [0.25, 0.3) is 0 Å². The van der Waals surface area contributed by atoms with Gasteiger partial charge in [0.1, 0.15) is 0 Å². The minimum Gasteiger partial charge on any atom is -0.381 e. The van der Waals surface area contributed by atoms with E-state index in [1.807, 2.05) is 6.92 Å². The molecule has 6 heteroatoms. The highest BCUT2D eigenvalue weighted by atomic mass is 32.2. The standard InChI is InChI=1S/C13H28N2O3S/c1-2-14-8-3-4-11-19(16,17)15-9-5-10-18-12-13-6-7-13/h13-15H,2-12H2,1H3. The fourth-order valence-electron chi connectivity index (χ4n) is 1.73. The van der Waals surface area contributed by atoms with Gasteiger partial charge in [-0.2, -0.15) is 0 Å². The molecule has 1 fully saturated rings. The van der Waals surface area contributed by atoms with Gasteiger partial charge in [-0.15, -0.1) is 0 Å². The lowest BCUT2D eigenvalue weighted by atomic mass is 10.3. The zero-order chi connectivity index (χ0) is 14.0. The molecule has 1 rings (SSSR count). The summed E-state index contributed by atoms with van der Waals surface area (Å²) in [6.07, 6.45) is 4.95. The van der Waals surface area contributed by atoms with Crippen LogP contribution in [0.5, 0.6) is 0 Å². The van der Waals surface area contributed by atoms with Crippen LogP contribution < -0.4 is 10.0 Å². The molecule has 19 heavy (non-hydrogen) atoms. The number of hydrogen-bond acceptors (Lipinski definition) is 4. The van der Waals surface area contributed by atoms with Crippen LogP contribution in [-0.4, -0.2) is 47.0 Å². The minimum atomic E-state index is -3.09. The fraction of sp³-hybridized carbons (Fsp3) is 1.00. The molecule has 2 N–H and O–H groups in total. The summed E-state index contributed by atoms with van der Waals surface area (Å²) in [6.45, 7) is 5.85. The summed E-state index contributed by atoms with van der Waals surface area (Å²) in [7, 11) is -3.09. The van der Waals surface area contributed by atoms with Gasteiger partial charge in [-0.25, -0.2) is 13.1 Å². The zero-order valence-electron chi connectivity index (χ0n) is 12.0. The van der Waals surface area contributed by atoms with Crippen molar-refractivity contribution in [1.82, 2.24) is 10.0 Å². The average Bonchev–Trinajstić information content (AvgIpc) is 3.17. The van der Waals surface area contributed by atoms with Crippen molar-refractivity contribution in [3.05, 3.63) is 0 Å². The van der Waals surface area contributed by atoms with Crippen LogP contribution in [0.1, 0.15) is 39.0 Å². The van der Waals surface area contributed by atoms with Gasteiger partial charge < -0.3 is 10.1 Å². The van der Waals surface area contributed by atoms with Crippen LogP contribution in [0.15, 0.2) is 0 Å². The van der Waals surface area contributed by atoms with Gasteiger partial charge in [0, 0.05) is 19.8 Å². The first-order valence-electron chi connectivity index (χ1n) is 7.40. The Morgan fingerprint density at radius 2 is 1.95 bits per heavy atom. The van der Waals surface area contributed by atoms with Crippen molar-refractivity contribution in [2.24, 2.45) is 5.92 Å². The van der Waals surface area contributed by atoms with Crippen molar-refractivity contribution in [3.63, 3.8) is 0 Å². The Morgan fingerprint density at radius 1 is 1.16 bits per heavy atom. The van der Waals surface area contributed by atoms with Crippen LogP contribution in [0.4, 0.5) is 0 Å². The Morgan fingerprint density at radius 3 is 2.63 bits per heavy atom. The van der Waals surface area contributed by atoms with Gasteiger partial charge in [0.2, 0.25) is 10.0 Å². The zero-order valence-corrected chi connectivity index (χ0v) is 12.8. The van der Waals surface area contributed by atoms with Crippen molar-refractivity contribution < 1.29 is 13.2 Å². The molecule has 0 spiro atoms. The maximum absolute atomic E-state index is 11.6. The van der Waals surface area contributed by atoms with E-state index in [1.165, 1.54) is 12.8 Å². The van der Waals surface area contributed by atoms with E-state index in [-0.39, 0.29) is 5.75 Å². The highest BCUT2D eigenvalue weighted by molar-refractivity contribution is 7.89. The molecular formula is C13H28N2O3S. The normalized spacial score (nSPS) is 15.8. The van der Waals surface area contributed by atoms with Crippen LogP contribution in [0.3, 0.4) is 0 Å². The van der Waals surface area contributed by atoms with Crippen LogP contribution in [0.25, 0.3) is 0 Å². The molecule has 1 aliphatic rings. The first-order valence-corrected chi connectivity index (χ1v) is 9.05. The largest absolute Gasteiger partial charge is 0.381 e. The van der Waals surface area contributed by atoms with E-state index in [0.29, 0.717) is 19.6 Å². The Kier molecular flexibility index (Phi) is 8.61. The second-order valence-corrected chi connectivity index (χ2v) is 7.07. The summed E-state index contributed by atoms with van der Waals surface area (Å²) >= 11 is 0. The molecule has 0 aliphatic heterocycles. The molecule has 114 valence electrons. The van der Waals surface area contributed by atoms with E-state index < -0.39 is 10.0 Å². The molecule has 0 radical (unpaired) electrons. The predicted molar refractivity (Wildman–Crippen MR) is 77.7 cm³/mol. The maximum Gasteiger partial charge on any atom is 0.211 e. The van der Waals surface area contributed by atoms with Gasteiger partial charge in [0.05, 0.1) is 5.75 Å². The van der Waals surface area contributed by atoms with E-state index >= 15 is 0 Å². The molecule has 0 aromatic heterocycles. The van der Waals surface area contributed by atoms with Crippen molar-refractivity contribution in [2.75, 3.05) is 38.6 Å². The molecule has 0 saturated heterocycles. The lowest BCUT2D eigenvalue weighted by Gasteiger charge is -2.07. The molecular weight excluding hydrogens is 264 g/mol. The van der Waals surface area contributed by atoms with Gasteiger partial charge in [-0.3, -0.25) is 0 Å². The second kappa shape index (κ2) is 9.69. The lowest BCUT2D eigenvalue weighted by molar-refractivity contribution is 0.123. The topological polar surface area (TPSA) is 67.4 Å². The van der Waals surface area contributed by atoms with Gasteiger partial charge >= 0.3 is 0 Å². The minimum absolute atomic E-state index is 0.224. The molecule has 0 bridgehead atoms. The Bertz CT molecular complexity index is 316. The third-order valence-electron chi connectivity index (χ3n) is 3.10. The van der Waals surface area contributed by atoms with Gasteiger partial charge in [-0.1, -0.05) is 6.92 Å².